The molecule has 2 nitrogen and oxygen atoms in total. The van der Waals surface area contributed by atoms with E-state index in [0.717, 1.165) is 30.0 Å². The number of nitrogens with one attached hydrogen (secondary N) is 1. The third-order valence-corrected chi connectivity index (χ3v) is 4.25. The van der Waals surface area contributed by atoms with Gasteiger partial charge >= 0.3 is 0 Å². The number of Topliss-reactive ketones (excluding diaryl/α,β-unsaturated/α-hetero) is 1. The lowest BCUT2D eigenvalue weighted by atomic mass is 10.0. The standard InChI is InChI=1S/C14H19NOS/c1-2-11-3-5-12(6-4-11)14(16)9-13-10-17-8-7-15-13/h3-6,13,15H,2,7-10H2,1H3. The Hall–Kier alpha value is -0.800. The second-order valence-corrected chi connectivity index (χ2v) is 5.55. The molecular formula is C14H19NOS. The predicted molar refractivity (Wildman–Crippen MR) is 73.9 cm³/mol. The molecule has 0 spiro atoms. The lowest BCUT2D eigenvalue weighted by molar-refractivity contribution is 0.0972. The number of hydrogen-bond acceptors (Lipinski definition) is 3. The summed E-state index contributed by atoms with van der Waals surface area (Å²) < 4.78 is 0. The third-order valence-electron chi connectivity index (χ3n) is 3.11. The van der Waals surface area contributed by atoms with Crippen molar-refractivity contribution in [1.82, 2.24) is 5.32 Å². The number of ketones is 1. The van der Waals surface area contributed by atoms with E-state index >= 15 is 0 Å². The predicted octanol–water partition coefficient (Wildman–Crippen LogP) is 2.53. The Labute approximate surface area is 107 Å². The van der Waals surface area contributed by atoms with E-state index in [2.05, 4.69) is 24.4 Å². The highest BCUT2D eigenvalue weighted by atomic mass is 32.2. The van der Waals surface area contributed by atoms with Crippen molar-refractivity contribution in [3.63, 3.8) is 0 Å². The van der Waals surface area contributed by atoms with E-state index in [9.17, 15) is 4.79 Å². The van der Waals surface area contributed by atoms with E-state index < -0.39 is 0 Å². The van der Waals surface area contributed by atoms with Gasteiger partial charge in [-0.3, -0.25) is 4.79 Å². The summed E-state index contributed by atoms with van der Waals surface area (Å²) in [4.78, 5) is 12.1. The van der Waals surface area contributed by atoms with E-state index in [1.54, 1.807) is 0 Å². The van der Waals surface area contributed by atoms with Crippen LogP contribution in [0.5, 0.6) is 0 Å². The minimum absolute atomic E-state index is 0.257. The molecule has 0 aromatic heterocycles. The van der Waals surface area contributed by atoms with Gasteiger partial charge in [0.25, 0.3) is 0 Å². The highest BCUT2D eigenvalue weighted by molar-refractivity contribution is 7.99. The first-order valence-corrected chi connectivity index (χ1v) is 7.38. The lowest BCUT2D eigenvalue weighted by Gasteiger charge is -2.22. The Kier molecular flexibility index (Phi) is 4.63. The maximum atomic E-state index is 12.1. The van der Waals surface area contributed by atoms with Crippen LogP contribution in [0.25, 0.3) is 0 Å². The summed E-state index contributed by atoms with van der Waals surface area (Å²) in [5, 5.41) is 3.40. The van der Waals surface area contributed by atoms with Crippen LogP contribution in [0.4, 0.5) is 0 Å². The van der Waals surface area contributed by atoms with Gasteiger partial charge in [0.1, 0.15) is 0 Å². The van der Waals surface area contributed by atoms with Crippen LogP contribution in [0.1, 0.15) is 29.3 Å². The smallest absolute Gasteiger partial charge is 0.164 e. The molecule has 1 heterocycles. The average Bonchev–Trinajstić information content (AvgIpc) is 2.40. The van der Waals surface area contributed by atoms with Crippen LogP contribution in [0.15, 0.2) is 24.3 Å². The van der Waals surface area contributed by atoms with E-state index in [-0.39, 0.29) is 5.78 Å². The molecule has 1 fully saturated rings. The maximum Gasteiger partial charge on any atom is 0.164 e. The fourth-order valence-electron chi connectivity index (χ4n) is 2.02. The van der Waals surface area contributed by atoms with Crippen molar-refractivity contribution in [2.75, 3.05) is 18.1 Å². The summed E-state index contributed by atoms with van der Waals surface area (Å²) >= 11 is 1.93. The zero-order valence-electron chi connectivity index (χ0n) is 10.2. The van der Waals surface area contributed by atoms with Crippen molar-refractivity contribution < 1.29 is 4.79 Å². The number of carbonyl (C=O) groups is 1. The molecule has 1 aromatic carbocycles. The van der Waals surface area contributed by atoms with Crippen LogP contribution in [-0.2, 0) is 6.42 Å². The fourth-order valence-corrected chi connectivity index (χ4v) is 2.97. The Morgan fingerprint density at radius 3 is 2.76 bits per heavy atom. The normalized spacial score (nSPS) is 20.2. The molecule has 1 saturated heterocycles. The van der Waals surface area contributed by atoms with Crippen LogP contribution in [0.2, 0.25) is 0 Å². The summed E-state index contributed by atoms with van der Waals surface area (Å²) in [6.45, 7) is 3.15. The number of benzene rings is 1. The van der Waals surface area contributed by atoms with Gasteiger partial charge in [0, 0.05) is 36.1 Å². The number of thioether (sulfide) groups is 1. The van der Waals surface area contributed by atoms with Crippen LogP contribution in [0.3, 0.4) is 0 Å². The Bertz CT molecular complexity index is 368. The van der Waals surface area contributed by atoms with Crippen LogP contribution < -0.4 is 5.32 Å². The second-order valence-electron chi connectivity index (χ2n) is 4.40. The summed E-state index contributed by atoms with van der Waals surface area (Å²) in [6.07, 6.45) is 1.65. The molecule has 1 aromatic rings. The van der Waals surface area contributed by atoms with Crippen molar-refractivity contribution in [2.24, 2.45) is 0 Å². The topological polar surface area (TPSA) is 29.1 Å². The summed E-state index contributed by atoms with van der Waals surface area (Å²) in [5.74, 6) is 2.47. The highest BCUT2D eigenvalue weighted by Gasteiger charge is 2.17. The number of rotatable bonds is 4. The average molecular weight is 249 g/mol. The molecular weight excluding hydrogens is 230 g/mol. The SMILES string of the molecule is CCc1ccc(C(=O)CC2CSCCN2)cc1. The van der Waals surface area contributed by atoms with Crippen LogP contribution >= 0.6 is 11.8 Å². The van der Waals surface area contributed by atoms with Crippen molar-refractivity contribution in [1.29, 1.82) is 0 Å². The Balaban J connectivity index is 1.93. The fraction of sp³-hybridized carbons (Fsp3) is 0.500. The Morgan fingerprint density at radius 2 is 2.18 bits per heavy atom. The largest absolute Gasteiger partial charge is 0.312 e. The van der Waals surface area contributed by atoms with Crippen molar-refractivity contribution >= 4 is 17.5 Å². The van der Waals surface area contributed by atoms with Crippen molar-refractivity contribution in [2.45, 2.75) is 25.8 Å². The summed E-state index contributed by atoms with van der Waals surface area (Å²) in [7, 11) is 0. The molecule has 0 bridgehead atoms. The minimum Gasteiger partial charge on any atom is -0.312 e. The van der Waals surface area contributed by atoms with Gasteiger partial charge in [-0.1, -0.05) is 31.2 Å². The van der Waals surface area contributed by atoms with Crippen LogP contribution in [0, 0.1) is 0 Å². The molecule has 0 aliphatic carbocycles. The third kappa shape index (κ3) is 3.58. The van der Waals surface area contributed by atoms with E-state index in [1.807, 2.05) is 23.9 Å². The molecule has 17 heavy (non-hydrogen) atoms. The lowest BCUT2D eigenvalue weighted by Crippen LogP contribution is -2.38. The quantitative estimate of drug-likeness (QED) is 0.831. The zero-order valence-corrected chi connectivity index (χ0v) is 11.1. The van der Waals surface area contributed by atoms with Gasteiger partial charge < -0.3 is 5.32 Å². The minimum atomic E-state index is 0.257. The molecule has 2 rings (SSSR count). The van der Waals surface area contributed by atoms with E-state index in [4.69, 9.17) is 0 Å². The molecule has 0 amide bonds. The van der Waals surface area contributed by atoms with Gasteiger partial charge in [-0.25, -0.2) is 0 Å². The number of hydrogen-bond donors (Lipinski definition) is 1. The summed E-state index contributed by atoms with van der Waals surface area (Å²) in [5.41, 5.74) is 2.13. The first-order valence-electron chi connectivity index (χ1n) is 6.23. The molecule has 92 valence electrons. The van der Waals surface area contributed by atoms with Crippen molar-refractivity contribution in [3.05, 3.63) is 35.4 Å². The first-order chi connectivity index (χ1) is 8.29. The zero-order chi connectivity index (χ0) is 12.1. The van der Waals surface area contributed by atoms with Gasteiger partial charge in [0.15, 0.2) is 5.78 Å². The molecule has 1 unspecified atom stereocenters. The summed E-state index contributed by atoms with van der Waals surface area (Å²) in [6, 6.07) is 8.37. The van der Waals surface area contributed by atoms with Gasteiger partial charge in [0.05, 0.1) is 0 Å². The van der Waals surface area contributed by atoms with Gasteiger partial charge in [0.2, 0.25) is 0 Å². The second kappa shape index (κ2) is 6.22. The molecule has 1 aliphatic heterocycles. The number of carbonyl (C=O) groups excluding carboxylic acids is 1. The van der Waals surface area contributed by atoms with Gasteiger partial charge in [-0.15, -0.1) is 0 Å². The molecule has 0 radical (unpaired) electrons. The molecule has 1 atom stereocenters. The maximum absolute atomic E-state index is 12.1. The Morgan fingerprint density at radius 1 is 1.41 bits per heavy atom. The van der Waals surface area contributed by atoms with Crippen molar-refractivity contribution in [3.8, 4) is 0 Å². The molecule has 0 saturated carbocycles. The van der Waals surface area contributed by atoms with Crippen LogP contribution in [-0.4, -0.2) is 29.9 Å². The van der Waals surface area contributed by atoms with E-state index in [0.29, 0.717) is 12.5 Å². The van der Waals surface area contributed by atoms with E-state index in [1.165, 1.54) is 5.56 Å². The van der Waals surface area contributed by atoms with Gasteiger partial charge in [-0.05, 0) is 12.0 Å². The molecule has 3 heteroatoms. The van der Waals surface area contributed by atoms with Gasteiger partial charge in [-0.2, -0.15) is 11.8 Å². The molecule has 1 N–H and O–H groups in total. The first kappa shape index (κ1) is 12.7. The monoisotopic (exact) mass is 249 g/mol. The number of aryl methyl sites for hydroxylation is 1. The highest BCUT2D eigenvalue weighted by Crippen LogP contribution is 2.14. The molecule has 1 aliphatic rings.